The van der Waals surface area contributed by atoms with E-state index in [-0.39, 0.29) is 5.91 Å². The van der Waals surface area contributed by atoms with Crippen molar-refractivity contribution in [2.45, 2.75) is 18.8 Å². The highest BCUT2D eigenvalue weighted by Crippen LogP contribution is 2.38. The van der Waals surface area contributed by atoms with Gasteiger partial charge in [0.2, 0.25) is 0 Å². The molecule has 7 heteroatoms. The second-order valence-electron chi connectivity index (χ2n) is 7.19. The van der Waals surface area contributed by atoms with Gasteiger partial charge in [-0.2, -0.15) is 10.2 Å². The second kappa shape index (κ2) is 6.09. The average Bonchev–Trinajstić information content (AvgIpc) is 3.39. The van der Waals surface area contributed by atoms with E-state index in [2.05, 4.69) is 42.7 Å². The molecule has 0 radical (unpaired) electrons. The van der Waals surface area contributed by atoms with E-state index in [1.807, 2.05) is 24.3 Å². The minimum atomic E-state index is -0.130. The highest BCUT2D eigenvalue weighted by molar-refractivity contribution is 6.04. The fraction of sp³-hybridized carbons (Fsp3) is 0.368. The minimum Gasteiger partial charge on any atom is -0.354 e. The Balaban J connectivity index is 1.14. The lowest BCUT2D eigenvalue weighted by Crippen LogP contribution is -2.52. The molecule has 2 aliphatic rings. The van der Waals surface area contributed by atoms with Gasteiger partial charge in [0, 0.05) is 36.9 Å². The minimum absolute atomic E-state index is 0.130. The monoisotopic (exact) mass is 348 g/mol. The molecule has 1 aromatic carbocycles. The van der Waals surface area contributed by atoms with Crippen molar-refractivity contribution in [2.75, 3.05) is 24.5 Å². The van der Waals surface area contributed by atoms with Crippen molar-refractivity contribution in [2.24, 2.45) is 5.92 Å². The van der Waals surface area contributed by atoms with Crippen molar-refractivity contribution in [3.63, 3.8) is 0 Å². The van der Waals surface area contributed by atoms with Crippen molar-refractivity contribution < 1.29 is 4.79 Å². The molecule has 0 unspecified atom stereocenters. The summed E-state index contributed by atoms with van der Waals surface area (Å²) in [6, 6.07) is 11.8. The summed E-state index contributed by atoms with van der Waals surface area (Å²) >= 11 is 0. The van der Waals surface area contributed by atoms with Crippen LogP contribution < -0.4 is 10.2 Å². The molecule has 1 saturated heterocycles. The molecule has 2 fully saturated rings. The third-order valence-corrected chi connectivity index (χ3v) is 5.18. The first-order valence-corrected chi connectivity index (χ1v) is 9.08. The van der Waals surface area contributed by atoms with Crippen molar-refractivity contribution in [3.05, 3.63) is 47.8 Å². The summed E-state index contributed by atoms with van der Waals surface area (Å²) in [5.74, 6) is 1.85. The van der Waals surface area contributed by atoms with Crippen LogP contribution in [0.25, 0.3) is 10.9 Å². The number of hydrogen-bond acceptors (Lipinski definition) is 5. The Kier molecular flexibility index (Phi) is 3.58. The van der Waals surface area contributed by atoms with Crippen LogP contribution in [0.1, 0.15) is 34.9 Å². The number of hydrogen-bond donors (Lipinski definition) is 2. The van der Waals surface area contributed by atoms with Crippen LogP contribution in [0, 0.1) is 5.92 Å². The van der Waals surface area contributed by atoms with E-state index in [1.54, 1.807) is 0 Å². The van der Waals surface area contributed by atoms with Crippen molar-refractivity contribution >= 4 is 22.6 Å². The Morgan fingerprint density at radius 2 is 2.00 bits per heavy atom. The lowest BCUT2D eigenvalue weighted by Gasteiger charge is -2.39. The number of amides is 1. The van der Waals surface area contributed by atoms with Gasteiger partial charge < -0.3 is 10.2 Å². The fourth-order valence-electron chi connectivity index (χ4n) is 3.44. The van der Waals surface area contributed by atoms with Gasteiger partial charge in [-0.05, 0) is 31.0 Å². The first-order chi connectivity index (χ1) is 12.8. The zero-order chi connectivity index (χ0) is 17.5. The van der Waals surface area contributed by atoms with Gasteiger partial charge in [0.15, 0.2) is 11.5 Å². The topological polar surface area (TPSA) is 86.8 Å². The Hall–Kier alpha value is -2.96. The zero-order valence-corrected chi connectivity index (χ0v) is 14.4. The van der Waals surface area contributed by atoms with E-state index in [1.165, 1.54) is 12.8 Å². The van der Waals surface area contributed by atoms with Crippen LogP contribution in [0.15, 0.2) is 36.4 Å². The molecule has 0 atom stereocenters. The van der Waals surface area contributed by atoms with Gasteiger partial charge >= 0.3 is 0 Å². The van der Waals surface area contributed by atoms with E-state index < -0.39 is 0 Å². The maximum absolute atomic E-state index is 12.4. The van der Waals surface area contributed by atoms with Crippen LogP contribution in [0.4, 0.5) is 5.82 Å². The van der Waals surface area contributed by atoms with Crippen LogP contribution in [0.3, 0.4) is 0 Å². The van der Waals surface area contributed by atoms with Crippen LogP contribution in [-0.4, -0.2) is 45.9 Å². The van der Waals surface area contributed by atoms with Crippen molar-refractivity contribution in [3.8, 4) is 0 Å². The van der Waals surface area contributed by atoms with Crippen LogP contribution >= 0.6 is 0 Å². The van der Waals surface area contributed by atoms with E-state index in [4.69, 9.17) is 0 Å². The lowest BCUT2D eigenvalue weighted by atomic mass is 10.00. The van der Waals surface area contributed by atoms with Gasteiger partial charge in [-0.1, -0.05) is 18.2 Å². The lowest BCUT2D eigenvalue weighted by molar-refractivity contribution is 0.0941. The van der Waals surface area contributed by atoms with Crippen LogP contribution in [0.5, 0.6) is 0 Å². The Morgan fingerprint density at radius 1 is 1.15 bits per heavy atom. The fourth-order valence-corrected chi connectivity index (χ4v) is 3.44. The molecule has 1 saturated carbocycles. The number of para-hydroxylation sites is 1. The number of nitrogens with zero attached hydrogens (tertiary/aromatic N) is 4. The van der Waals surface area contributed by atoms with Crippen LogP contribution in [0.2, 0.25) is 0 Å². The summed E-state index contributed by atoms with van der Waals surface area (Å²) in [6.45, 7) is 2.42. The first-order valence-electron chi connectivity index (χ1n) is 9.08. The number of carbonyl (C=O) groups excluding carboxylic acids is 1. The number of nitrogens with one attached hydrogen (secondary N) is 2. The molecule has 0 bridgehead atoms. The normalized spacial score (nSPS) is 17.3. The molecule has 2 aromatic heterocycles. The number of carbonyl (C=O) groups is 1. The summed E-state index contributed by atoms with van der Waals surface area (Å²) in [4.78, 5) is 14.6. The molecule has 1 aliphatic heterocycles. The number of aromatic nitrogens is 4. The molecule has 1 amide bonds. The Labute approximate surface area is 150 Å². The molecule has 3 heterocycles. The highest BCUT2D eigenvalue weighted by Gasteiger charge is 2.30. The molecule has 7 nitrogen and oxygen atoms in total. The van der Waals surface area contributed by atoms with E-state index in [0.717, 1.165) is 35.5 Å². The number of benzene rings is 1. The summed E-state index contributed by atoms with van der Waals surface area (Å²) in [5.41, 5.74) is 2.45. The molecule has 1 aliphatic carbocycles. The molecule has 0 spiro atoms. The number of fused-ring (bicyclic) bond motifs is 1. The number of anilines is 1. The van der Waals surface area contributed by atoms with Crippen LogP contribution in [-0.2, 0) is 0 Å². The summed E-state index contributed by atoms with van der Waals surface area (Å²) in [7, 11) is 0. The first kappa shape index (κ1) is 15.3. The summed E-state index contributed by atoms with van der Waals surface area (Å²) < 4.78 is 0. The maximum Gasteiger partial charge on any atom is 0.272 e. The predicted molar refractivity (Wildman–Crippen MR) is 98.1 cm³/mol. The van der Waals surface area contributed by atoms with E-state index >= 15 is 0 Å². The predicted octanol–water partition coefficient (Wildman–Crippen LogP) is 2.10. The third kappa shape index (κ3) is 2.79. The Bertz CT molecular complexity index is 940. The van der Waals surface area contributed by atoms with Gasteiger partial charge in [-0.3, -0.25) is 9.89 Å². The molecule has 3 aromatic rings. The molecule has 132 valence electrons. The highest BCUT2D eigenvalue weighted by atomic mass is 16.1. The van der Waals surface area contributed by atoms with Gasteiger partial charge in [0.05, 0.1) is 11.2 Å². The maximum atomic E-state index is 12.4. The van der Waals surface area contributed by atoms with Gasteiger partial charge in [-0.15, -0.1) is 5.10 Å². The largest absolute Gasteiger partial charge is 0.354 e. The second-order valence-corrected chi connectivity index (χ2v) is 7.19. The quantitative estimate of drug-likeness (QED) is 0.737. The molecular weight excluding hydrogens is 328 g/mol. The Morgan fingerprint density at radius 3 is 2.77 bits per heavy atom. The summed E-state index contributed by atoms with van der Waals surface area (Å²) in [6.07, 6.45) is 2.48. The van der Waals surface area contributed by atoms with Crippen molar-refractivity contribution in [1.29, 1.82) is 0 Å². The average molecular weight is 348 g/mol. The van der Waals surface area contributed by atoms with Crippen molar-refractivity contribution in [1.82, 2.24) is 25.7 Å². The van der Waals surface area contributed by atoms with Gasteiger partial charge in [0.25, 0.3) is 5.91 Å². The van der Waals surface area contributed by atoms with E-state index in [9.17, 15) is 4.79 Å². The third-order valence-electron chi connectivity index (χ3n) is 5.18. The number of H-pyrrole nitrogens is 1. The number of rotatable bonds is 5. The van der Waals surface area contributed by atoms with E-state index in [0.29, 0.717) is 24.1 Å². The molecule has 26 heavy (non-hydrogen) atoms. The molecule has 5 rings (SSSR count). The molecular formula is C19H20N6O. The zero-order valence-electron chi connectivity index (χ0n) is 14.4. The van der Waals surface area contributed by atoms with Gasteiger partial charge in [-0.25, -0.2) is 0 Å². The molecule has 2 N–H and O–H groups in total. The summed E-state index contributed by atoms with van der Waals surface area (Å²) in [5, 5.41) is 19.6. The standard InChI is InChI=1S/C19H20N6O/c26-19(18-14-3-1-2-4-16(14)22-24-18)20-9-12-10-25(11-12)17-8-7-15(21-23-17)13-5-6-13/h1-4,7-8,12-13H,5-6,9-11H2,(H,20,26)(H,22,24). The van der Waals surface area contributed by atoms with Gasteiger partial charge in [0.1, 0.15) is 0 Å². The SMILES string of the molecule is O=C(NCC1CN(c2ccc(C3CC3)nn2)C1)c1n[nH]c2ccccc12. The number of aromatic amines is 1. The smallest absolute Gasteiger partial charge is 0.272 e.